The zero-order valence-corrected chi connectivity index (χ0v) is 7.47. The Labute approximate surface area is 72.7 Å². The van der Waals surface area contributed by atoms with E-state index in [9.17, 15) is 4.39 Å². The predicted molar refractivity (Wildman–Crippen MR) is 49.5 cm³/mol. The maximum Gasteiger partial charge on any atom is 0.123 e. The number of hydrogen-bond donors (Lipinski definition) is 0. The van der Waals surface area contributed by atoms with E-state index in [2.05, 4.69) is 13.0 Å². The molecule has 0 aliphatic rings. The maximum atomic E-state index is 12.5. The molecule has 0 N–H and O–H groups in total. The van der Waals surface area contributed by atoms with E-state index in [4.69, 9.17) is 0 Å². The summed E-state index contributed by atoms with van der Waals surface area (Å²) in [5.74, 6) is -0.170. The van der Waals surface area contributed by atoms with E-state index in [0.717, 1.165) is 12.0 Å². The third-order valence-electron chi connectivity index (χ3n) is 1.89. The molecule has 0 bridgehead atoms. The van der Waals surface area contributed by atoms with Gasteiger partial charge in [0.05, 0.1) is 0 Å². The Hall–Kier alpha value is -1.11. The first-order valence-corrected chi connectivity index (χ1v) is 4.08. The van der Waals surface area contributed by atoms with Crippen LogP contribution in [0.4, 0.5) is 4.39 Å². The first kappa shape index (κ1) is 8.98. The number of rotatable bonds is 2. The second kappa shape index (κ2) is 4.05. The van der Waals surface area contributed by atoms with Gasteiger partial charge in [-0.2, -0.15) is 0 Å². The van der Waals surface area contributed by atoms with Crippen LogP contribution in [0.15, 0.2) is 35.9 Å². The second-order valence-corrected chi connectivity index (χ2v) is 2.94. The molecular formula is C11H13F. The van der Waals surface area contributed by atoms with E-state index in [-0.39, 0.29) is 5.82 Å². The maximum absolute atomic E-state index is 12.5. The first-order chi connectivity index (χ1) is 5.72. The zero-order valence-electron chi connectivity index (χ0n) is 7.47. The van der Waals surface area contributed by atoms with Crippen molar-refractivity contribution in [3.63, 3.8) is 0 Å². The normalized spacial score (nSPS) is 11.8. The van der Waals surface area contributed by atoms with Crippen LogP contribution in [0, 0.1) is 5.82 Å². The Balaban J connectivity index is 2.71. The molecule has 0 unspecified atom stereocenters. The number of allylic oxidation sites excluding steroid dienone is 2. The van der Waals surface area contributed by atoms with Gasteiger partial charge in [-0.1, -0.05) is 23.8 Å². The molecule has 1 rings (SSSR count). The molecule has 1 aromatic carbocycles. The third kappa shape index (κ3) is 2.50. The van der Waals surface area contributed by atoms with Crippen LogP contribution in [0.1, 0.15) is 19.4 Å². The van der Waals surface area contributed by atoms with Gasteiger partial charge in [-0.25, -0.2) is 4.39 Å². The molecule has 0 saturated carbocycles. The van der Waals surface area contributed by atoms with Gasteiger partial charge in [-0.05, 0) is 38.0 Å². The van der Waals surface area contributed by atoms with Crippen molar-refractivity contribution in [2.24, 2.45) is 0 Å². The standard InChI is InChI=1S/C11H13F/c1-3-9(2)8-10-4-6-11(12)7-5-10/h3-7H,8H2,1-2H3/b9-3+. The minimum absolute atomic E-state index is 0.170. The van der Waals surface area contributed by atoms with Gasteiger partial charge >= 0.3 is 0 Å². The first-order valence-electron chi connectivity index (χ1n) is 4.08. The average molecular weight is 164 g/mol. The highest BCUT2D eigenvalue weighted by atomic mass is 19.1. The van der Waals surface area contributed by atoms with Crippen LogP contribution in [0.3, 0.4) is 0 Å². The second-order valence-electron chi connectivity index (χ2n) is 2.94. The molecule has 0 nitrogen and oxygen atoms in total. The fraction of sp³-hybridized carbons (Fsp3) is 0.273. The van der Waals surface area contributed by atoms with Crippen molar-refractivity contribution in [3.8, 4) is 0 Å². The lowest BCUT2D eigenvalue weighted by Crippen LogP contribution is -1.86. The summed E-state index contributed by atoms with van der Waals surface area (Å²) in [6.07, 6.45) is 2.99. The summed E-state index contributed by atoms with van der Waals surface area (Å²) in [4.78, 5) is 0. The number of hydrogen-bond acceptors (Lipinski definition) is 0. The third-order valence-corrected chi connectivity index (χ3v) is 1.89. The molecule has 12 heavy (non-hydrogen) atoms. The molecule has 0 aromatic heterocycles. The highest BCUT2D eigenvalue weighted by molar-refractivity contribution is 5.21. The van der Waals surface area contributed by atoms with E-state index in [1.165, 1.54) is 17.7 Å². The van der Waals surface area contributed by atoms with Gasteiger partial charge in [-0.15, -0.1) is 0 Å². The molecule has 64 valence electrons. The predicted octanol–water partition coefficient (Wildman–Crippen LogP) is 3.33. The van der Waals surface area contributed by atoms with Crippen molar-refractivity contribution in [1.29, 1.82) is 0 Å². The number of halogens is 1. The molecule has 0 spiro atoms. The van der Waals surface area contributed by atoms with Crippen LogP contribution < -0.4 is 0 Å². The van der Waals surface area contributed by atoms with E-state index < -0.39 is 0 Å². The Morgan fingerprint density at radius 3 is 2.42 bits per heavy atom. The lowest BCUT2D eigenvalue weighted by molar-refractivity contribution is 0.627. The van der Waals surface area contributed by atoms with Gasteiger partial charge in [0.2, 0.25) is 0 Å². The van der Waals surface area contributed by atoms with Crippen LogP contribution in [0.2, 0.25) is 0 Å². The molecule has 0 radical (unpaired) electrons. The van der Waals surface area contributed by atoms with Gasteiger partial charge in [0.1, 0.15) is 5.82 Å². The molecule has 0 amide bonds. The van der Waals surface area contributed by atoms with E-state index >= 15 is 0 Å². The van der Waals surface area contributed by atoms with E-state index in [1.807, 2.05) is 19.1 Å². The minimum Gasteiger partial charge on any atom is -0.207 e. The molecule has 0 fully saturated rings. The summed E-state index contributed by atoms with van der Waals surface area (Å²) >= 11 is 0. The lowest BCUT2D eigenvalue weighted by Gasteiger charge is -2.00. The van der Waals surface area contributed by atoms with E-state index in [1.54, 1.807) is 0 Å². The van der Waals surface area contributed by atoms with Crippen molar-refractivity contribution in [3.05, 3.63) is 47.3 Å². The topological polar surface area (TPSA) is 0 Å². The summed E-state index contributed by atoms with van der Waals surface area (Å²) in [6, 6.07) is 6.64. The minimum atomic E-state index is -0.170. The fourth-order valence-electron chi connectivity index (χ4n) is 1.03. The van der Waals surface area contributed by atoms with Crippen LogP contribution in [-0.4, -0.2) is 0 Å². The average Bonchev–Trinajstić information content (AvgIpc) is 2.09. The van der Waals surface area contributed by atoms with Crippen molar-refractivity contribution >= 4 is 0 Å². The van der Waals surface area contributed by atoms with Gasteiger partial charge in [0.15, 0.2) is 0 Å². The number of benzene rings is 1. The van der Waals surface area contributed by atoms with Crippen molar-refractivity contribution in [1.82, 2.24) is 0 Å². The monoisotopic (exact) mass is 164 g/mol. The molecular weight excluding hydrogens is 151 g/mol. The van der Waals surface area contributed by atoms with Gasteiger partial charge in [0, 0.05) is 0 Å². The molecule has 1 heteroatoms. The summed E-state index contributed by atoms with van der Waals surface area (Å²) in [5, 5.41) is 0. The van der Waals surface area contributed by atoms with Crippen LogP contribution in [-0.2, 0) is 6.42 Å². The highest BCUT2D eigenvalue weighted by Gasteiger charge is 1.93. The Morgan fingerprint density at radius 2 is 1.92 bits per heavy atom. The molecule has 0 heterocycles. The van der Waals surface area contributed by atoms with Crippen molar-refractivity contribution in [2.75, 3.05) is 0 Å². The molecule has 1 aromatic rings. The largest absolute Gasteiger partial charge is 0.207 e. The fourth-order valence-corrected chi connectivity index (χ4v) is 1.03. The summed E-state index contributed by atoms with van der Waals surface area (Å²) < 4.78 is 12.5. The van der Waals surface area contributed by atoms with Gasteiger partial charge in [0.25, 0.3) is 0 Å². The van der Waals surface area contributed by atoms with Crippen LogP contribution >= 0.6 is 0 Å². The van der Waals surface area contributed by atoms with Gasteiger partial charge < -0.3 is 0 Å². The summed E-state index contributed by atoms with van der Waals surface area (Å²) in [5.41, 5.74) is 2.47. The smallest absolute Gasteiger partial charge is 0.123 e. The van der Waals surface area contributed by atoms with Crippen molar-refractivity contribution < 1.29 is 4.39 Å². The Kier molecular flexibility index (Phi) is 3.03. The lowest BCUT2D eigenvalue weighted by atomic mass is 10.1. The van der Waals surface area contributed by atoms with Crippen LogP contribution in [0.5, 0.6) is 0 Å². The quantitative estimate of drug-likeness (QED) is 0.588. The Morgan fingerprint density at radius 1 is 1.33 bits per heavy atom. The molecule has 0 aliphatic carbocycles. The Bertz CT molecular complexity index is 270. The van der Waals surface area contributed by atoms with Gasteiger partial charge in [-0.3, -0.25) is 0 Å². The summed E-state index contributed by atoms with van der Waals surface area (Å²) in [6.45, 7) is 4.09. The SMILES string of the molecule is C/C=C(\C)Cc1ccc(F)cc1. The van der Waals surface area contributed by atoms with Crippen LogP contribution in [0.25, 0.3) is 0 Å². The highest BCUT2D eigenvalue weighted by Crippen LogP contribution is 2.08. The molecule has 0 aliphatic heterocycles. The van der Waals surface area contributed by atoms with Crippen molar-refractivity contribution in [2.45, 2.75) is 20.3 Å². The van der Waals surface area contributed by atoms with E-state index in [0.29, 0.717) is 0 Å². The molecule has 0 saturated heterocycles. The zero-order chi connectivity index (χ0) is 8.97. The molecule has 0 atom stereocenters. The summed E-state index contributed by atoms with van der Waals surface area (Å²) in [7, 11) is 0.